The third kappa shape index (κ3) is 3.54. The molecular formula is C20H20FNO4. The molecule has 0 fully saturated rings. The predicted octanol–water partition coefficient (Wildman–Crippen LogP) is 2.83. The molecule has 2 aromatic rings. The fourth-order valence-electron chi connectivity index (χ4n) is 3.01. The van der Waals surface area contributed by atoms with Gasteiger partial charge in [0.05, 0.1) is 12.1 Å². The minimum Gasteiger partial charge on any atom is -0.489 e. The van der Waals surface area contributed by atoms with Crippen molar-refractivity contribution in [3.8, 4) is 5.75 Å². The number of para-hydroxylation sites is 1. The molecule has 2 aromatic carbocycles. The van der Waals surface area contributed by atoms with E-state index in [2.05, 4.69) is 0 Å². The highest BCUT2D eigenvalue weighted by molar-refractivity contribution is 5.97. The highest BCUT2D eigenvalue weighted by Gasteiger charge is 2.43. The number of ether oxygens (including phenoxy) is 2. The monoisotopic (exact) mass is 357 g/mol. The molecule has 3 rings (SSSR count). The summed E-state index contributed by atoms with van der Waals surface area (Å²) in [7, 11) is 1.60. The zero-order chi connectivity index (χ0) is 18.7. The molecule has 26 heavy (non-hydrogen) atoms. The molecule has 1 aliphatic heterocycles. The molecule has 5 nitrogen and oxygen atoms in total. The number of hydrogen-bond acceptors (Lipinski definition) is 4. The van der Waals surface area contributed by atoms with Gasteiger partial charge in [0.25, 0.3) is 5.91 Å². The molecule has 0 bridgehead atoms. The molecule has 0 saturated heterocycles. The molecule has 0 spiro atoms. The van der Waals surface area contributed by atoms with E-state index < -0.39 is 17.4 Å². The topological polar surface area (TPSA) is 55.8 Å². The van der Waals surface area contributed by atoms with Crippen LogP contribution in [0, 0.1) is 5.82 Å². The summed E-state index contributed by atoms with van der Waals surface area (Å²) < 4.78 is 24.4. The average molecular weight is 357 g/mol. The summed E-state index contributed by atoms with van der Waals surface area (Å²) in [5.41, 5.74) is 0.0111. The number of rotatable bonds is 5. The molecule has 0 aliphatic carbocycles. The number of benzene rings is 2. The highest BCUT2D eigenvalue weighted by atomic mass is 19.1. The van der Waals surface area contributed by atoms with E-state index in [9.17, 15) is 14.0 Å². The van der Waals surface area contributed by atoms with E-state index in [4.69, 9.17) is 9.47 Å². The molecule has 0 N–H and O–H groups in total. The SMILES string of the molecule is CN(CCOc1ccccc1F)C(=O)C1(C)Cc2ccccc2C(=O)O1. The van der Waals surface area contributed by atoms with Crippen LogP contribution in [0.1, 0.15) is 22.8 Å². The molecule has 1 amide bonds. The fraction of sp³-hybridized carbons (Fsp3) is 0.300. The van der Waals surface area contributed by atoms with Crippen LogP contribution in [0.25, 0.3) is 0 Å². The first-order valence-corrected chi connectivity index (χ1v) is 8.35. The maximum Gasteiger partial charge on any atom is 0.339 e. The van der Waals surface area contributed by atoms with Crippen molar-refractivity contribution in [2.45, 2.75) is 18.9 Å². The predicted molar refractivity (Wildman–Crippen MR) is 93.5 cm³/mol. The van der Waals surface area contributed by atoms with Gasteiger partial charge in [0.2, 0.25) is 0 Å². The van der Waals surface area contributed by atoms with Crippen LogP contribution < -0.4 is 4.74 Å². The molecule has 0 saturated carbocycles. The molecular weight excluding hydrogens is 337 g/mol. The Morgan fingerprint density at radius 2 is 1.92 bits per heavy atom. The second kappa shape index (κ2) is 7.15. The summed E-state index contributed by atoms with van der Waals surface area (Å²) in [4.78, 5) is 26.4. The van der Waals surface area contributed by atoms with Crippen LogP contribution in [0.5, 0.6) is 5.75 Å². The van der Waals surface area contributed by atoms with Gasteiger partial charge >= 0.3 is 5.97 Å². The first-order valence-electron chi connectivity index (χ1n) is 8.35. The maximum atomic E-state index is 13.5. The summed E-state index contributed by atoms with van der Waals surface area (Å²) in [5.74, 6) is -1.14. The molecule has 1 heterocycles. The van der Waals surface area contributed by atoms with Gasteiger partial charge in [0, 0.05) is 13.5 Å². The van der Waals surface area contributed by atoms with Crippen LogP contribution in [-0.4, -0.2) is 42.6 Å². The summed E-state index contributed by atoms with van der Waals surface area (Å²) in [6, 6.07) is 13.2. The molecule has 136 valence electrons. The Balaban J connectivity index is 1.63. The number of hydrogen-bond donors (Lipinski definition) is 0. The zero-order valence-corrected chi connectivity index (χ0v) is 14.7. The van der Waals surface area contributed by atoms with E-state index in [0.717, 1.165) is 5.56 Å². The van der Waals surface area contributed by atoms with Gasteiger partial charge in [-0.05, 0) is 30.7 Å². The molecule has 6 heteroatoms. The van der Waals surface area contributed by atoms with E-state index in [0.29, 0.717) is 12.0 Å². The second-order valence-electron chi connectivity index (χ2n) is 6.46. The lowest BCUT2D eigenvalue weighted by atomic mass is 9.89. The van der Waals surface area contributed by atoms with Crippen LogP contribution >= 0.6 is 0 Å². The lowest BCUT2D eigenvalue weighted by molar-refractivity contribution is -0.150. The van der Waals surface area contributed by atoms with E-state index in [1.165, 1.54) is 17.0 Å². The third-order valence-corrected chi connectivity index (χ3v) is 4.40. The molecule has 1 atom stereocenters. The fourth-order valence-corrected chi connectivity index (χ4v) is 3.01. The van der Waals surface area contributed by atoms with Crippen molar-refractivity contribution in [3.05, 3.63) is 65.5 Å². The number of nitrogens with zero attached hydrogens (tertiary/aromatic N) is 1. The van der Waals surface area contributed by atoms with Gasteiger partial charge in [-0.15, -0.1) is 0 Å². The third-order valence-electron chi connectivity index (χ3n) is 4.40. The Morgan fingerprint density at radius 3 is 2.69 bits per heavy atom. The highest BCUT2D eigenvalue weighted by Crippen LogP contribution is 2.29. The van der Waals surface area contributed by atoms with Crippen molar-refractivity contribution in [3.63, 3.8) is 0 Å². The largest absolute Gasteiger partial charge is 0.489 e. The molecule has 0 radical (unpaired) electrons. The zero-order valence-electron chi connectivity index (χ0n) is 14.7. The van der Waals surface area contributed by atoms with Gasteiger partial charge in [0.15, 0.2) is 17.2 Å². The summed E-state index contributed by atoms with van der Waals surface area (Å²) in [6.45, 7) is 1.98. The molecule has 1 unspecified atom stereocenters. The van der Waals surface area contributed by atoms with Crippen LogP contribution in [0.3, 0.4) is 0 Å². The van der Waals surface area contributed by atoms with Crippen LogP contribution in [0.4, 0.5) is 4.39 Å². The lowest BCUT2D eigenvalue weighted by Gasteiger charge is -2.35. The molecule has 1 aliphatic rings. The number of halogens is 1. The van der Waals surface area contributed by atoms with Crippen LogP contribution in [0.15, 0.2) is 48.5 Å². The number of carbonyl (C=O) groups excluding carboxylic acids is 2. The summed E-state index contributed by atoms with van der Waals surface area (Å²) >= 11 is 0. The van der Waals surface area contributed by atoms with Gasteiger partial charge in [-0.1, -0.05) is 30.3 Å². The van der Waals surface area contributed by atoms with Crippen LogP contribution in [0.2, 0.25) is 0 Å². The number of likely N-dealkylation sites (N-methyl/N-ethyl adjacent to an activating group) is 1. The van der Waals surface area contributed by atoms with E-state index in [1.807, 2.05) is 12.1 Å². The summed E-state index contributed by atoms with van der Waals surface area (Å²) in [5, 5.41) is 0. The van der Waals surface area contributed by atoms with Crippen molar-refractivity contribution in [2.24, 2.45) is 0 Å². The first kappa shape index (κ1) is 17.9. The quantitative estimate of drug-likeness (QED) is 0.772. The van der Waals surface area contributed by atoms with Crippen molar-refractivity contribution in [1.82, 2.24) is 4.90 Å². The Kier molecular flexibility index (Phi) is 4.93. The number of cyclic esters (lactones) is 1. The first-order chi connectivity index (χ1) is 12.4. The van der Waals surface area contributed by atoms with Crippen molar-refractivity contribution in [1.29, 1.82) is 0 Å². The maximum absolute atomic E-state index is 13.5. The van der Waals surface area contributed by atoms with E-state index in [1.54, 1.807) is 38.2 Å². The second-order valence-corrected chi connectivity index (χ2v) is 6.46. The van der Waals surface area contributed by atoms with Crippen molar-refractivity contribution in [2.75, 3.05) is 20.2 Å². The Labute approximate surface area is 151 Å². The number of carbonyl (C=O) groups is 2. The number of esters is 1. The Hall–Kier alpha value is -2.89. The van der Waals surface area contributed by atoms with Crippen molar-refractivity contribution < 1.29 is 23.5 Å². The normalized spacial score (nSPS) is 18.7. The van der Waals surface area contributed by atoms with Gasteiger partial charge in [0.1, 0.15) is 6.61 Å². The minimum atomic E-state index is -1.27. The van der Waals surface area contributed by atoms with Gasteiger partial charge in [-0.2, -0.15) is 0 Å². The number of fused-ring (bicyclic) bond motifs is 1. The minimum absolute atomic E-state index is 0.129. The Morgan fingerprint density at radius 1 is 1.23 bits per heavy atom. The van der Waals surface area contributed by atoms with Gasteiger partial charge in [-0.3, -0.25) is 4.79 Å². The van der Waals surface area contributed by atoms with E-state index in [-0.39, 0.29) is 24.8 Å². The lowest BCUT2D eigenvalue weighted by Crippen LogP contribution is -2.52. The molecule has 0 aromatic heterocycles. The summed E-state index contributed by atoms with van der Waals surface area (Å²) in [6.07, 6.45) is 0.312. The van der Waals surface area contributed by atoms with Gasteiger partial charge in [-0.25, -0.2) is 9.18 Å². The van der Waals surface area contributed by atoms with Crippen molar-refractivity contribution >= 4 is 11.9 Å². The van der Waals surface area contributed by atoms with Gasteiger partial charge < -0.3 is 14.4 Å². The van der Waals surface area contributed by atoms with Crippen LogP contribution in [-0.2, 0) is 16.0 Å². The van der Waals surface area contributed by atoms with E-state index >= 15 is 0 Å². The smallest absolute Gasteiger partial charge is 0.339 e. The number of amides is 1. The Bertz CT molecular complexity index is 838. The standard InChI is InChI=1S/C20H20FNO4/c1-20(13-14-7-3-4-8-15(14)18(23)26-20)19(24)22(2)11-12-25-17-10-6-5-9-16(17)21/h3-10H,11-13H2,1-2H3. The average Bonchev–Trinajstić information content (AvgIpc) is 2.62.